The zero-order chi connectivity index (χ0) is 10.2. The molecule has 0 aliphatic heterocycles. The van der Waals surface area contributed by atoms with E-state index < -0.39 is 24.9 Å². The van der Waals surface area contributed by atoms with Gasteiger partial charge in [0.2, 0.25) is 0 Å². The summed E-state index contributed by atoms with van der Waals surface area (Å²) < 4.78 is 2.89. The third kappa shape index (κ3) is 4.12. The van der Waals surface area contributed by atoms with Gasteiger partial charge in [0.15, 0.2) is 6.45 Å². The molecule has 0 aliphatic rings. The number of hydrogen-bond donors (Lipinski definition) is 0. The van der Waals surface area contributed by atoms with Crippen LogP contribution in [0.15, 0.2) is 0 Å². The second-order valence-electron chi connectivity index (χ2n) is 4.84. The van der Waals surface area contributed by atoms with E-state index in [1.807, 2.05) is 0 Å². The first-order valence-electron chi connectivity index (χ1n) is 4.18. The first-order valence-corrected chi connectivity index (χ1v) is 16.3. The standard InChI is InChI=1S/C7H22INSSi2/c1-10(2,3)9(11(4)8)12(5,6)7/h11H,1-7H3. The Bertz CT molecular complexity index is 136. The first-order chi connectivity index (χ1) is 5.07. The summed E-state index contributed by atoms with van der Waals surface area (Å²) in [5, 5.41) is 0. The fraction of sp³-hybridized carbons (Fsp3) is 1.00. The minimum Gasteiger partial charge on any atom is -0.303 e. The van der Waals surface area contributed by atoms with Gasteiger partial charge >= 0.3 is 0 Å². The summed E-state index contributed by atoms with van der Waals surface area (Å²) >= 11 is 2.68. The number of hydrogen-bond acceptors (Lipinski definition) is 1. The van der Waals surface area contributed by atoms with Crippen LogP contribution in [-0.4, -0.2) is 37.1 Å². The van der Waals surface area contributed by atoms with Gasteiger partial charge in [-0.3, -0.25) is 0 Å². The van der Waals surface area contributed by atoms with E-state index >= 15 is 0 Å². The molecular formula is C7H22INSSi2. The highest BCUT2D eigenvalue weighted by atomic mass is 127. The van der Waals surface area contributed by atoms with E-state index in [4.69, 9.17) is 0 Å². The van der Waals surface area contributed by atoms with Crippen LogP contribution in [0, 0.1) is 0 Å². The molecule has 0 aromatic heterocycles. The van der Waals surface area contributed by atoms with Gasteiger partial charge in [-0.25, -0.2) is 10.2 Å². The maximum atomic E-state index is 2.89. The topological polar surface area (TPSA) is 3.24 Å². The summed E-state index contributed by atoms with van der Waals surface area (Å²) in [5.74, 6) is 0. The van der Waals surface area contributed by atoms with Gasteiger partial charge in [0.25, 0.3) is 0 Å². The molecule has 0 fully saturated rings. The van der Waals surface area contributed by atoms with Crippen LogP contribution < -0.4 is 0 Å². The fourth-order valence-corrected chi connectivity index (χ4v) is 29.8. The lowest BCUT2D eigenvalue weighted by molar-refractivity contribution is 1.04. The largest absolute Gasteiger partial charge is 0.303 e. The zero-order valence-corrected chi connectivity index (χ0v) is 14.4. The average Bonchev–Trinajstić information content (AvgIpc) is 1.49. The molecule has 76 valence electrons. The lowest BCUT2D eigenvalue weighted by atomic mass is 11.8. The smallest absolute Gasteiger partial charge is 0.180 e. The molecule has 0 aromatic carbocycles. The van der Waals surface area contributed by atoms with E-state index in [1.165, 1.54) is 0 Å². The summed E-state index contributed by atoms with van der Waals surface area (Å²) in [6, 6.07) is 0. The number of rotatable bonds is 3. The molecule has 0 saturated heterocycles. The van der Waals surface area contributed by atoms with E-state index in [9.17, 15) is 0 Å². The third-order valence-electron chi connectivity index (χ3n) is 1.57. The monoisotopic (exact) mass is 335 g/mol. The highest BCUT2D eigenvalue weighted by molar-refractivity contribution is 14.1. The molecule has 12 heavy (non-hydrogen) atoms. The van der Waals surface area contributed by atoms with Crippen molar-refractivity contribution in [1.29, 1.82) is 0 Å². The Balaban J connectivity index is 4.70. The van der Waals surface area contributed by atoms with Gasteiger partial charge in [0, 0.05) is 0 Å². The third-order valence-corrected chi connectivity index (χ3v) is 18.7. The van der Waals surface area contributed by atoms with Crippen molar-refractivity contribution in [3.63, 3.8) is 0 Å². The van der Waals surface area contributed by atoms with Crippen LogP contribution in [0.25, 0.3) is 0 Å². The molecule has 0 aliphatic carbocycles. The molecule has 0 spiro atoms. The quantitative estimate of drug-likeness (QED) is 0.435. The molecule has 0 radical (unpaired) electrons. The first kappa shape index (κ1) is 13.5. The van der Waals surface area contributed by atoms with E-state index in [0.29, 0.717) is 0 Å². The van der Waals surface area contributed by atoms with Gasteiger partial charge in [-0.1, -0.05) is 19.6 Å². The second-order valence-corrected chi connectivity index (χ2v) is 21.9. The Morgan fingerprint density at radius 2 is 1.50 bits per heavy atom. The molecule has 0 rings (SSSR count). The molecule has 1 atom stereocenters. The van der Waals surface area contributed by atoms with Crippen molar-refractivity contribution in [2.75, 3.05) is 18.8 Å². The van der Waals surface area contributed by atoms with Gasteiger partial charge in [-0.2, -0.15) is 0 Å². The summed E-state index contributed by atoms with van der Waals surface area (Å²) in [6.45, 7) is 9.21. The average molecular weight is 335 g/mol. The van der Waals surface area contributed by atoms with Crippen LogP contribution in [-0.2, 0) is 0 Å². The van der Waals surface area contributed by atoms with Gasteiger partial charge in [-0.15, -0.1) is 21.8 Å². The minimum atomic E-state index is -1.06. The molecule has 0 heterocycles. The van der Waals surface area contributed by atoms with Crippen molar-refractivity contribution in [2.45, 2.75) is 26.2 Å². The predicted molar refractivity (Wildman–Crippen MR) is 77.6 cm³/mol. The molecule has 0 bridgehead atoms. The van der Waals surface area contributed by atoms with Crippen LogP contribution in [0.3, 0.4) is 0 Å². The van der Waals surface area contributed by atoms with Crippen LogP contribution in [0.5, 0.6) is 0 Å². The Morgan fingerprint density at radius 1 is 1.17 bits per heavy atom. The van der Waals surface area contributed by atoms with Crippen LogP contribution >= 0.6 is 32.0 Å². The molecule has 1 nitrogen and oxygen atoms in total. The highest BCUT2D eigenvalue weighted by Crippen LogP contribution is 2.45. The maximum absolute atomic E-state index is 2.89. The molecule has 0 N–H and O–H groups in total. The number of halogens is 1. The Morgan fingerprint density at radius 3 is 1.50 bits per heavy atom. The molecule has 0 amide bonds. The van der Waals surface area contributed by atoms with E-state index in [0.717, 1.165) is 0 Å². The van der Waals surface area contributed by atoms with Crippen molar-refractivity contribution in [3.05, 3.63) is 0 Å². The summed E-state index contributed by atoms with van der Waals surface area (Å²) in [4.78, 5) is 0. The fourth-order valence-electron chi connectivity index (χ4n) is 1.79. The highest BCUT2D eigenvalue weighted by Gasteiger charge is 2.33. The van der Waals surface area contributed by atoms with E-state index in [2.05, 4.69) is 70.4 Å². The van der Waals surface area contributed by atoms with Gasteiger partial charge in [0.05, 0.1) is 0 Å². The van der Waals surface area contributed by atoms with Crippen molar-refractivity contribution >= 4 is 46.7 Å². The molecule has 5 heteroatoms. The summed E-state index contributed by atoms with van der Waals surface area (Å²) in [5.41, 5.74) is 0. The number of nitrogens with zero attached hydrogens (tertiary/aromatic N) is 1. The summed E-state index contributed by atoms with van der Waals surface area (Å²) in [7, 11) is -1.53. The van der Waals surface area contributed by atoms with Gasteiger partial charge in [-0.05, 0) is 25.3 Å². The normalized spacial score (nSPS) is 18.1. The molecule has 1 unspecified atom stereocenters. The van der Waals surface area contributed by atoms with Crippen molar-refractivity contribution in [3.8, 4) is 0 Å². The predicted octanol–water partition coefficient (Wildman–Crippen LogP) is 3.02. The molecule has 0 aromatic rings. The van der Waals surface area contributed by atoms with Gasteiger partial charge < -0.3 is 3.64 Å². The second kappa shape index (κ2) is 4.33. The van der Waals surface area contributed by atoms with E-state index in [-0.39, 0.29) is 0 Å². The van der Waals surface area contributed by atoms with Crippen molar-refractivity contribution < 1.29 is 0 Å². The summed E-state index contributed by atoms with van der Waals surface area (Å²) in [6.07, 6.45) is 7.27. The van der Waals surface area contributed by atoms with Crippen molar-refractivity contribution in [2.24, 2.45) is 0 Å². The van der Waals surface area contributed by atoms with Crippen molar-refractivity contribution in [1.82, 2.24) is 3.64 Å². The zero-order valence-electron chi connectivity index (χ0n) is 9.31. The molecule has 0 saturated carbocycles. The van der Waals surface area contributed by atoms with E-state index in [1.54, 1.807) is 0 Å². The lowest BCUT2D eigenvalue weighted by Gasteiger charge is -2.49. The Hall–Kier alpha value is 1.47. The van der Waals surface area contributed by atoms with Crippen LogP contribution in [0.4, 0.5) is 0 Å². The molecular weight excluding hydrogens is 313 g/mol. The van der Waals surface area contributed by atoms with Crippen LogP contribution in [0.2, 0.25) is 26.2 Å². The Labute approximate surface area is 94.7 Å². The lowest BCUT2D eigenvalue weighted by Crippen LogP contribution is -2.51. The minimum absolute atomic E-state index is 0.473. The maximum Gasteiger partial charge on any atom is 0.180 e. The SMILES string of the molecule is C[SiH](I)N([Si](C)(C)C)S(C)(C)C. The van der Waals surface area contributed by atoms with Crippen LogP contribution in [0.1, 0.15) is 0 Å². The Kier molecular flexibility index (Phi) is 4.86. The van der Waals surface area contributed by atoms with Gasteiger partial charge in [0.1, 0.15) is 8.24 Å².